The molecule has 0 atom stereocenters. The number of carboxylic acids is 1. The second-order valence-electron chi connectivity index (χ2n) is 5.49. The van der Waals surface area contributed by atoms with Gasteiger partial charge in [0.2, 0.25) is 11.7 Å². The second kappa shape index (κ2) is 8.75. The zero-order valence-electron chi connectivity index (χ0n) is 14.9. The summed E-state index contributed by atoms with van der Waals surface area (Å²) in [7, 11) is 4.55. The van der Waals surface area contributed by atoms with Crippen molar-refractivity contribution in [3.63, 3.8) is 0 Å². The molecule has 0 heterocycles. The number of methoxy groups -OCH3 is 3. The first-order chi connectivity index (χ1) is 12.5. The molecule has 0 unspecified atom stereocenters. The maximum Gasteiger partial charge on any atom is 0.335 e. The molecule has 0 spiro atoms. The first-order valence-corrected chi connectivity index (χ1v) is 7.86. The van der Waals surface area contributed by atoms with E-state index >= 15 is 0 Å². The molecule has 0 aliphatic heterocycles. The van der Waals surface area contributed by atoms with Crippen LogP contribution in [0.15, 0.2) is 36.4 Å². The van der Waals surface area contributed by atoms with Gasteiger partial charge in [0.05, 0.1) is 33.3 Å². The number of ether oxygens (including phenoxy) is 3. The summed E-state index contributed by atoms with van der Waals surface area (Å²) in [4.78, 5) is 23.0. The third-order valence-corrected chi connectivity index (χ3v) is 3.78. The van der Waals surface area contributed by atoms with Crippen LogP contribution in [0.2, 0.25) is 0 Å². The van der Waals surface area contributed by atoms with E-state index in [1.165, 1.54) is 33.5 Å². The third kappa shape index (κ3) is 4.66. The van der Waals surface area contributed by atoms with Gasteiger partial charge in [0, 0.05) is 6.54 Å². The molecule has 2 aromatic rings. The van der Waals surface area contributed by atoms with E-state index in [9.17, 15) is 9.59 Å². The van der Waals surface area contributed by atoms with Crippen LogP contribution in [0.4, 0.5) is 0 Å². The Balaban J connectivity index is 2.02. The molecule has 7 nitrogen and oxygen atoms in total. The Bertz CT molecular complexity index is 760. The molecule has 0 fully saturated rings. The molecule has 0 saturated carbocycles. The number of carbonyl (C=O) groups is 2. The van der Waals surface area contributed by atoms with E-state index in [2.05, 4.69) is 5.32 Å². The molecule has 138 valence electrons. The lowest BCUT2D eigenvalue weighted by Crippen LogP contribution is -2.24. The lowest BCUT2D eigenvalue weighted by atomic mass is 10.1. The molecule has 2 N–H and O–H groups in total. The van der Waals surface area contributed by atoms with E-state index in [0.29, 0.717) is 23.8 Å². The van der Waals surface area contributed by atoms with Crippen LogP contribution >= 0.6 is 0 Å². The monoisotopic (exact) mass is 359 g/mol. The Morgan fingerprint density at radius 2 is 1.50 bits per heavy atom. The van der Waals surface area contributed by atoms with Crippen LogP contribution in [-0.2, 0) is 17.8 Å². The molecule has 0 aromatic heterocycles. The Hall–Kier alpha value is -3.22. The fourth-order valence-electron chi connectivity index (χ4n) is 2.45. The minimum Gasteiger partial charge on any atom is -0.493 e. The van der Waals surface area contributed by atoms with Crippen molar-refractivity contribution in [3.8, 4) is 17.2 Å². The van der Waals surface area contributed by atoms with E-state index in [1.807, 2.05) is 0 Å². The quantitative estimate of drug-likeness (QED) is 0.751. The zero-order chi connectivity index (χ0) is 19.1. The van der Waals surface area contributed by atoms with E-state index < -0.39 is 5.97 Å². The van der Waals surface area contributed by atoms with Crippen LogP contribution in [0.5, 0.6) is 17.2 Å². The number of hydrogen-bond acceptors (Lipinski definition) is 5. The van der Waals surface area contributed by atoms with Crippen LogP contribution in [-0.4, -0.2) is 38.3 Å². The van der Waals surface area contributed by atoms with Crippen LogP contribution in [0.25, 0.3) is 0 Å². The molecular formula is C19H21NO6. The van der Waals surface area contributed by atoms with E-state index in [4.69, 9.17) is 19.3 Å². The number of rotatable bonds is 8. The largest absolute Gasteiger partial charge is 0.493 e. The normalized spacial score (nSPS) is 10.1. The van der Waals surface area contributed by atoms with E-state index in [0.717, 1.165) is 11.1 Å². The predicted octanol–water partition coefficient (Wildman–Crippen LogP) is 2.27. The van der Waals surface area contributed by atoms with Gasteiger partial charge in [-0.25, -0.2) is 4.79 Å². The van der Waals surface area contributed by atoms with Gasteiger partial charge < -0.3 is 24.6 Å². The standard InChI is InChI=1S/C19H21NO6/c1-24-15-8-13(9-16(25-2)18(15)26-3)10-17(21)20-11-12-4-6-14(7-5-12)19(22)23/h4-9H,10-11H2,1-3H3,(H,20,21)(H,22,23). The van der Waals surface area contributed by atoms with Crippen molar-refractivity contribution < 1.29 is 28.9 Å². The molecule has 0 radical (unpaired) electrons. The molecule has 7 heteroatoms. The Kier molecular flexibility index (Phi) is 6.43. The summed E-state index contributed by atoms with van der Waals surface area (Å²) >= 11 is 0. The number of amides is 1. The average Bonchev–Trinajstić information content (AvgIpc) is 2.65. The molecule has 0 saturated heterocycles. The minimum atomic E-state index is -0.983. The van der Waals surface area contributed by atoms with Crippen molar-refractivity contribution >= 4 is 11.9 Å². The van der Waals surface area contributed by atoms with Gasteiger partial charge in [-0.2, -0.15) is 0 Å². The van der Waals surface area contributed by atoms with Crippen molar-refractivity contribution in [2.75, 3.05) is 21.3 Å². The first-order valence-electron chi connectivity index (χ1n) is 7.86. The third-order valence-electron chi connectivity index (χ3n) is 3.78. The number of aromatic carboxylic acids is 1. The van der Waals surface area contributed by atoms with Crippen molar-refractivity contribution in [1.82, 2.24) is 5.32 Å². The Morgan fingerprint density at radius 3 is 1.96 bits per heavy atom. The molecule has 0 aliphatic rings. The van der Waals surface area contributed by atoms with E-state index in [1.54, 1.807) is 24.3 Å². The van der Waals surface area contributed by atoms with Crippen molar-refractivity contribution in [2.24, 2.45) is 0 Å². The van der Waals surface area contributed by atoms with Gasteiger partial charge >= 0.3 is 5.97 Å². The highest BCUT2D eigenvalue weighted by atomic mass is 16.5. The molecule has 26 heavy (non-hydrogen) atoms. The number of nitrogens with one attached hydrogen (secondary N) is 1. The summed E-state index contributed by atoms with van der Waals surface area (Å²) in [5.74, 6) is 0.278. The van der Waals surface area contributed by atoms with Crippen LogP contribution in [0.1, 0.15) is 21.5 Å². The lowest BCUT2D eigenvalue weighted by Gasteiger charge is -2.14. The summed E-state index contributed by atoms with van der Waals surface area (Å²) in [5, 5.41) is 11.7. The highest BCUT2D eigenvalue weighted by Crippen LogP contribution is 2.38. The summed E-state index contributed by atoms with van der Waals surface area (Å²) in [6, 6.07) is 9.80. The first kappa shape index (κ1) is 19.1. The minimum absolute atomic E-state index is 0.143. The number of carboxylic acid groups (broad SMARTS) is 1. The van der Waals surface area contributed by atoms with Gasteiger partial charge in [-0.1, -0.05) is 12.1 Å². The van der Waals surface area contributed by atoms with Crippen LogP contribution in [0, 0.1) is 0 Å². The highest BCUT2D eigenvalue weighted by Gasteiger charge is 2.15. The molecule has 1 amide bonds. The fraction of sp³-hybridized carbons (Fsp3) is 0.263. The average molecular weight is 359 g/mol. The lowest BCUT2D eigenvalue weighted by molar-refractivity contribution is -0.120. The fourth-order valence-corrected chi connectivity index (χ4v) is 2.45. The molecule has 2 aromatic carbocycles. The predicted molar refractivity (Wildman–Crippen MR) is 95.1 cm³/mol. The maximum absolute atomic E-state index is 12.2. The SMILES string of the molecule is COc1cc(CC(=O)NCc2ccc(C(=O)O)cc2)cc(OC)c1OC. The van der Waals surface area contributed by atoms with Gasteiger partial charge in [-0.05, 0) is 35.4 Å². The summed E-state index contributed by atoms with van der Waals surface area (Å²) in [5.41, 5.74) is 1.74. The molecule has 0 bridgehead atoms. The second-order valence-corrected chi connectivity index (χ2v) is 5.49. The number of benzene rings is 2. The van der Waals surface area contributed by atoms with Crippen LogP contribution in [0.3, 0.4) is 0 Å². The Labute approximate surface area is 151 Å². The van der Waals surface area contributed by atoms with Crippen molar-refractivity contribution in [1.29, 1.82) is 0 Å². The van der Waals surface area contributed by atoms with E-state index in [-0.39, 0.29) is 17.9 Å². The molecule has 2 rings (SSSR count). The van der Waals surface area contributed by atoms with Gasteiger partial charge in [0.25, 0.3) is 0 Å². The molecular weight excluding hydrogens is 338 g/mol. The van der Waals surface area contributed by atoms with Gasteiger partial charge in [0.15, 0.2) is 11.5 Å². The van der Waals surface area contributed by atoms with Gasteiger partial charge in [-0.3, -0.25) is 4.79 Å². The van der Waals surface area contributed by atoms with Gasteiger partial charge in [-0.15, -0.1) is 0 Å². The summed E-state index contributed by atoms with van der Waals surface area (Å²) in [6.45, 7) is 0.309. The topological polar surface area (TPSA) is 94.1 Å². The van der Waals surface area contributed by atoms with Crippen LogP contribution < -0.4 is 19.5 Å². The summed E-state index contributed by atoms with van der Waals surface area (Å²) < 4.78 is 15.8. The maximum atomic E-state index is 12.2. The van der Waals surface area contributed by atoms with Crippen molar-refractivity contribution in [3.05, 3.63) is 53.1 Å². The zero-order valence-corrected chi connectivity index (χ0v) is 14.9. The number of hydrogen-bond donors (Lipinski definition) is 2. The Morgan fingerprint density at radius 1 is 0.923 bits per heavy atom. The summed E-state index contributed by atoms with van der Waals surface area (Å²) in [6.07, 6.45) is 0.143. The molecule has 0 aliphatic carbocycles. The van der Waals surface area contributed by atoms with Gasteiger partial charge in [0.1, 0.15) is 0 Å². The highest BCUT2D eigenvalue weighted by molar-refractivity contribution is 5.87. The smallest absolute Gasteiger partial charge is 0.335 e. The van der Waals surface area contributed by atoms with Crippen molar-refractivity contribution in [2.45, 2.75) is 13.0 Å². The number of carbonyl (C=O) groups excluding carboxylic acids is 1.